The van der Waals surface area contributed by atoms with Gasteiger partial charge < -0.3 is 24.6 Å². The van der Waals surface area contributed by atoms with E-state index < -0.39 is 23.7 Å². The maximum atomic E-state index is 12.7. The van der Waals surface area contributed by atoms with E-state index in [4.69, 9.17) is 9.47 Å². The third-order valence-corrected chi connectivity index (χ3v) is 5.64. The lowest BCUT2D eigenvalue weighted by Gasteiger charge is -2.39. The Hall–Kier alpha value is -2.65. The number of halogens is 3. The van der Waals surface area contributed by atoms with Crippen LogP contribution in [0.1, 0.15) is 38.3 Å². The number of rotatable bonds is 3. The number of anilines is 1. The molecule has 10 heteroatoms. The standard InChI is InChI=1S/C22H30F3N3O4/c1-21(2,3)32-20(30)28-11-9-27(10-12-28)17-7-8-18(31-4)16-13-14(5-6-15(16)17)26-19(29)22(23,24)25/h7-8,14H,5-6,9-13H2,1-4H3,(H,26,29)/t14-/m0/s1. The van der Waals surface area contributed by atoms with Gasteiger partial charge in [0.25, 0.3) is 0 Å². The normalized spacial score (nSPS) is 19.3. The van der Waals surface area contributed by atoms with Crippen LogP contribution in [-0.4, -0.2) is 68.0 Å². The third-order valence-electron chi connectivity index (χ3n) is 5.64. The average molecular weight is 457 g/mol. The second kappa shape index (κ2) is 9.07. The molecule has 1 aliphatic carbocycles. The third kappa shape index (κ3) is 5.58. The van der Waals surface area contributed by atoms with E-state index in [2.05, 4.69) is 10.2 Å². The molecule has 1 N–H and O–H groups in total. The lowest BCUT2D eigenvalue weighted by atomic mass is 9.86. The molecule has 0 spiro atoms. The van der Waals surface area contributed by atoms with E-state index in [1.165, 1.54) is 7.11 Å². The number of nitrogens with one attached hydrogen (secondary N) is 1. The molecule has 1 aliphatic heterocycles. The number of ether oxygens (including phenoxy) is 2. The summed E-state index contributed by atoms with van der Waals surface area (Å²) in [5.41, 5.74) is 2.28. The van der Waals surface area contributed by atoms with Crippen molar-refractivity contribution >= 4 is 17.7 Å². The van der Waals surface area contributed by atoms with E-state index in [9.17, 15) is 22.8 Å². The average Bonchev–Trinajstić information content (AvgIpc) is 2.71. The van der Waals surface area contributed by atoms with Gasteiger partial charge in [-0.2, -0.15) is 13.2 Å². The van der Waals surface area contributed by atoms with Gasteiger partial charge in [0.2, 0.25) is 0 Å². The second-order valence-electron chi connectivity index (χ2n) is 9.11. The van der Waals surface area contributed by atoms with Gasteiger partial charge in [-0.25, -0.2) is 4.79 Å². The summed E-state index contributed by atoms with van der Waals surface area (Å²) < 4.78 is 48.8. The van der Waals surface area contributed by atoms with Crippen LogP contribution in [0.5, 0.6) is 5.75 Å². The number of methoxy groups -OCH3 is 1. The summed E-state index contributed by atoms with van der Waals surface area (Å²) in [6.07, 6.45) is -4.03. The number of piperazine rings is 1. The van der Waals surface area contributed by atoms with Crippen LogP contribution in [0.4, 0.5) is 23.7 Å². The molecule has 1 atom stereocenters. The minimum atomic E-state index is -4.90. The molecule has 3 rings (SSSR count). The zero-order valence-corrected chi connectivity index (χ0v) is 18.8. The molecule has 2 aliphatic rings. The van der Waals surface area contributed by atoms with E-state index >= 15 is 0 Å². The van der Waals surface area contributed by atoms with E-state index in [1.54, 1.807) is 4.90 Å². The van der Waals surface area contributed by atoms with Gasteiger partial charge in [-0.1, -0.05) is 0 Å². The molecule has 178 valence electrons. The summed E-state index contributed by atoms with van der Waals surface area (Å²) in [4.78, 5) is 27.5. The predicted octanol–water partition coefficient (Wildman–Crippen LogP) is 3.29. The summed E-state index contributed by atoms with van der Waals surface area (Å²) in [5.74, 6) is -1.32. The van der Waals surface area contributed by atoms with E-state index in [1.807, 2.05) is 32.9 Å². The van der Waals surface area contributed by atoms with Gasteiger partial charge in [-0.05, 0) is 57.7 Å². The van der Waals surface area contributed by atoms with Gasteiger partial charge in [0.15, 0.2) is 0 Å². The fourth-order valence-corrected chi connectivity index (χ4v) is 4.16. The van der Waals surface area contributed by atoms with E-state index in [-0.39, 0.29) is 12.5 Å². The minimum absolute atomic E-state index is 0.270. The van der Waals surface area contributed by atoms with Gasteiger partial charge >= 0.3 is 18.2 Å². The van der Waals surface area contributed by atoms with Crippen LogP contribution in [0.25, 0.3) is 0 Å². The number of fused-ring (bicyclic) bond motifs is 1. The molecule has 1 heterocycles. The summed E-state index contributed by atoms with van der Waals surface area (Å²) >= 11 is 0. The summed E-state index contributed by atoms with van der Waals surface area (Å²) in [6, 6.07) is 3.16. The lowest BCUT2D eigenvalue weighted by molar-refractivity contribution is -0.174. The lowest BCUT2D eigenvalue weighted by Crippen LogP contribution is -2.50. The van der Waals surface area contributed by atoms with Crippen molar-refractivity contribution in [1.29, 1.82) is 0 Å². The van der Waals surface area contributed by atoms with E-state index in [0.717, 1.165) is 16.8 Å². The van der Waals surface area contributed by atoms with Crippen molar-refractivity contribution in [2.24, 2.45) is 0 Å². The van der Waals surface area contributed by atoms with Crippen molar-refractivity contribution in [2.75, 3.05) is 38.2 Å². The number of hydrogen-bond acceptors (Lipinski definition) is 5. The number of benzene rings is 1. The monoisotopic (exact) mass is 457 g/mol. The number of carbonyl (C=O) groups is 2. The largest absolute Gasteiger partial charge is 0.496 e. The fraction of sp³-hybridized carbons (Fsp3) is 0.636. The first kappa shape index (κ1) is 24.0. The van der Waals surface area contributed by atoms with Crippen molar-refractivity contribution in [3.05, 3.63) is 23.3 Å². The smallest absolute Gasteiger partial charge is 0.471 e. The molecule has 1 fully saturated rings. The molecule has 0 bridgehead atoms. The Morgan fingerprint density at radius 2 is 1.72 bits per heavy atom. The highest BCUT2D eigenvalue weighted by Gasteiger charge is 2.40. The van der Waals surface area contributed by atoms with Gasteiger partial charge in [0.05, 0.1) is 7.11 Å². The Labute approximate surface area is 185 Å². The molecule has 1 aromatic rings. The van der Waals surface area contributed by atoms with Crippen LogP contribution < -0.4 is 15.0 Å². The topological polar surface area (TPSA) is 71.1 Å². The van der Waals surface area contributed by atoms with Crippen molar-refractivity contribution in [3.8, 4) is 5.75 Å². The molecule has 0 unspecified atom stereocenters. The fourth-order valence-electron chi connectivity index (χ4n) is 4.16. The molecule has 1 saturated heterocycles. The molecule has 0 radical (unpaired) electrons. The number of amides is 2. The SMILES string of the molecule is COc1ccc(N2CCN(C(=O)OC(C)(C)C)CC2)c2c1C[C@@H](NC(=O)C(F)(F)F)CC2. The van der Waals surface area contributed by atoms with Gasteiger partial charge in [0.1, 0.15) is 11.4 Å². The van der Waals surface area contributed by atoms with Crippen LogP contribution in [-0.2, 0) is 22.4 Å². The zero-order chi connectivity index (χ0) is 23.7. The number of alkyl halides is 3. The summed E-state index contributed by atoms with van der Waals surface area (Å²) in [5, 5.41) is 2.10. The molecule has 7 nitrogen and oxygen atoms in total. The van der Waals surface area contributed by atoms with Crippen LogP contribution in [0, 0.1) is 0 Å². The van der Waals surface area contributed by atoms with Crippen molar-refractivity contribution in [2.45, 2.75) is 57.9 Å². The van der Waals surface area contributed by atoms with Crippen LogP contribution in [0.3, 0.4) is 0 Å². The molecule has 1 aromatic carbocycles. The second-order valence-corrected chi connectivity index (χ2v) is 9.11. The number of hydrogen-bond donors (Lipinski definition) is 1. The summed E-state index contributed by atoms with van der Waals surface area (Å²) in [7, 11) is 1.52. The Morgan fingerprint density at radius 1 is 1.06 bits per heavy atom. The first-order valence-corrected chi connectivity index (χ1v) is 10.7. The maximum absolute atomic E-state index is 12.7. The van der Waals surface area contributed by atoms with Gasteiger partial charge in [-0.15, -0.1) is 0 Å². The van der Waals surface area contributed by atoms with Crippen LogP contribution >= 0.6 is 0 Å². The van der Waals surface area contributed by atoms with Crippen molar-refractivity contribution < 1.29 is 32.2 Å². The number of nitrogens with zero attached hydrogens (tertiary/aromatic N) is 2. The highest BCUT2D eigenvalue weighted by molar-refractivity contribution is 5.82. The van der Waals surface area contributed by atoms with E-state index in [0.29, 0.717) is 44.8 Å². The van der Waals surface area contributed by atoms with Crippen LogP contribution in [0.15, 0.2) is 12.1 Å². The quantitative estimate of drug-likeness (QED) is 0.754. The predicted molar refractivity (Wildman–Crippen MR) is 113 cm³/mol. The number of carbonyl (C=O) groups excluding carboxylic acids is 2. The Bertz CT molecular complexity index is 859. The first-order chi connectivity index (χ1) is 14.9. The highest BCUT2D eigenvalue weighted by Crippen LogP contribution is 2.37. The van der Waals surface area contributed by atoms with Gasteiger partial charge in [-0.3, -0.25) is 4.79 Å². The van der Waals surface area contributed by atoms with Crippen molar-refractivity contribution in [1.82, 2.24) is 10.2 Å². The maximum Gasteiger partial charge on any atom is 0.471 e. The molecule has 32 heavy (non-hydrogen) atoms. The van der Waals surface area contributed by atoms with Crippen LogP contribution in [0.2, 0.25) is 0 Å². The molecular formula is C22H30F3N3O4. The molecular weight excluding hydrogens is 427 g/mol. The first-order valence-electron chi connectivity index (χ1n) is 10.7. The molecule has 0 aromatic heterocycles. The van der Waals surface area contributed by atoms with Crippen molar-refractivity contribution in [3.63, 3.8) is 0 Å². The molecule has 0 saturated carbocycles. The van der Waals surface area contributed by atoms with Gasteiger partial charge in [0, 0.05) is 43.5 Å². The zero-order valence-electron chi connectivity index (χ0n) is 18.8. The molecule has 2 amide bonds. The minimum Gasteiger partial charge on any atom is -0.496 e. The summed E-state index contributed by atoms with van der Waals surface area (Å²) in [6.45, 7) is 7.75. The Balaban J connectivity index is 1.72. The Morgan fingerprint density at radius 3 is 2.28 bits per heavy atom. The Kier molecular flexibility index (Phi) is 6.80. The highest BCUT2D eigenvalue weighted by atomic mass is 19.4.